The van der Waals surface area contributed by atoms with Gasteiger partial charge in [-0.1, -0.05) is 0 Å². The number of nitrogens with zero attached hydrogens (tertiary/aromatic N) is 4. The minimum Gasteiger partial charge on any atom is -0.477 e. The van der Waals surface area contributed by atoms with Crippen LogP contribution in [0.1, 0.15) is 28.3 Å². The highest BCUT2D eigenvalue weighted by Crippen LogP contribution is 2.47. The SMILES string of the molecule is Cc1cc(-c2c(-c3c(C(F)F)nn4c3OCCC4)[nH]c3ncccc23)c(C#N)s1.OCCO. The largest absolute Gasteiger partial charge is 0.477 e. The van der Waals surface area contributed by atoms with Gasteiger partial charge in [-0.15, -0.1) is 11.3 Å². The van der Waals surface area contributed by atoms with E-state index in [9.17, 15) is 14.0 Å². The number of hydrogen-bond donors (Lipinski definition) is 3. The summed E-state index contributed by atoms with van der Waals surface area (Å²) >= 11 is 1.37. The molecule has 0 fully saturated rings. The standard InChI is InChI=1S/C20H15F2N5OS.C2H6O2/c1-10-8-12(13(9-23)29-10)14-11-4-2-5-24-19(11)25-16(14)15-17(18(21)22)26-27-6-3-7-28-20(15)27;3-1-2-4/h2,4-5,8,18H,3,6-7H2,1H3,(H,24,25);3-4H,1-2H2. The molecular formula is C22H21F2N5O3S. The Balaban J connectivity index is 0.000000601. The van der Waals surface area contributed by atoms with Crippen LogP contribution in [-0.2, 0) is 6.54 Å². The van der Waals surface area contributed by atoms with Crippen molar-refractivity contribution in [3.05, 3.63) is 39.8 Å². The van der Waals surface area contributed by atoms with Crippen LogP contribution in [0.2, 0.25) is 0 Å². The molecule has 172 valence electrons. The topological polar surface area (TPSA) is 120 Å². The lowest BCUT2D eigenvalue weighted by atomic mass is 9.99. The molecule has 0 spiro atoms. The maximum atomic E-state index is 13.9. The zero-order valence-corrected chi connectivity index (χ0v) is 18.5. The molecule has 11 heteroatoms. The molecule has 1 aliphatic heterocycles. The average molecular weight is 474 g/mol. The summed E-state index contributed by atoms with van der Waals surface area (Å²) in [4.78, 5) is 9.03. The Morgan fingerprint density at radius 1 is 1.33 bits per heavy atom. The Kier molecular flexibility index (Phi) is 6.69. The van der Waals surface area contributed by atoms with Gasteiger partial charge in [0.2, 0.25) is 5.88 Å². The Morgan fingerprint density at radius 2 is 2.12 bits per heavy atom. The maximum absolute atomic E-state index is 13.9. The number of thiophene rings is 1. The molecule has 0 unspecified atom stereocenters. The lowest BCUT2D eigenvalue weighted by Crippen LogP contribution is -2.15. The number of hydrogen-bond acceptors (Lipinski definition) is 7. The number of aryl methyl sites for hydroxylation is 2. The van der Waals surface area contributed by atoms with E-state index in [0.29, 0.717) is 52.8 Å². The Hall–Kier alpha value is -3.33. The predicted octanol–water partition coefficient (Wildman–Crippen LogP) is 4.03. The lowest BCUT2D eigenvalue weighted by Gasteiger charge is -2.16. The fourth-order valence-electron chi connectivity index (χ4n) is 3.81. The van der Waals surface area contributed by atoms with Gasteiger partial charge in [-0.2, -0.15) is 10.4 Å². The number of aromatic amines is 1. The van der Waals surface area contributed by atoms with Crippen molar-refractivity contribution in [2.75, 3.05) is 19.8 Å². The summed E-state index contributed by atoms with van der Waals surface area (Å²) < 4.78 is 35.1. The summed E-state index contributed by atoms with van der Waals surface area (Å²) in [5, 5.41) is 29.8. The van der Waals surface area contributed by atoms with Gasteiger partial charge < -0.3 is 19.9 Å². The van der Waals surface area contributed by atoms with Crippen LogP contribution < -0.4 is 4.74 Å². The first-order valence-corrected chi connectivity index (χ1v) is 11.0. The van der Waals surface area contributed by atoms with E-state index in [4.69, 9.17) is 14.9 Å². The number of rotatable bonds is 4. The van der Waals surface area contributed by atoms with Gasteiger partial charge in [-0.05, 0) is 25.1 Å². The van der Waals surface area contributed by atoms with Gasteiger partial charge in [0.25, 0.3) is 6.43 Å². The molecule has 33 heavy (non-hydrogen) atoms. The van der Waals surface area contributed by atoms with Crippen molar-refractivity contribution in [1.82, 2.24) is 19.7 Å². The van der Waals surface area contributed by atoms with E-state index in [1.165, 1.54) is 16.0 Å². The molecule has 4 aromatic rings. The number of aliphatic hydroxyl groups excluding tert-OH is 2. The van der Waals surface area contributed by atoms with Crippen LogP contribution >= 0.6 is 11.3 Å². The van der Waals surface area contributed by atoms with Crippen LogP contribution in [0.15, 0.2) is 24.4 Å². The molecule has 0 bridgehead atoms. The van der Waals surface area contributed by atoms with Gasteiger partial charge in [0.15, 0.2) is 0 Å². The van der Waals surface area contributed by atoms with Gasteiger partial charge in [0.05, 0.1) is 31.1 Å². The molecule has 5 rings (SSSR count). The van der Waals surface area contributed by atoms with Crippen molar-refractivity contribution in [2.45, 2.75) is 26.3 Å². The summed E-state index contributed by atoms with van der Waals surface area (Å²) in [6.07, 6.45) is -0.423. The van der Waals surface area contributed by atoms with E-state index in [1.54, 1.807) is 12.3 Å². The monoisotopic (exact) mass is 473 g/mol. The Labute approximate surface area is 191 Å². The molecule has 1 aliphatic rings. The average Bonchev–Trinajstić information content (AvgIpc) is 3.50. The highest BCUT2D eigenvalue weighted by Gasteiger charge is 2.32. The number of aliphatic hydroxyl groups is 2. The van der Waals surface area contributed by atoms with Crippen molar-refractivity contribution in [2.24, 2.45) is 0 Å². The zero-order chi connectivity index (χ0) is 23.5. The van der Waals surface area contributed by atoms with Gasteiger partial charge in [0, 0.05) is 40.6 Å². The smallest absolute Gasteiger partial charge is 0.282 e. The number of ether oxygens (including phenoxy) is 1. The molecule has 0 amide bonds. The van der Waals surface area contributed by atoms with Crippen LogP contribution in [-0.4, -0.2) is 49.8 Å². The van der Waals surface area contributed by atoms with Crippen LogP contribution in [0.25, 0.3) is 33.4 Å². The van der Waals surface area contributed by atoms with E-state index < -0.39 is 6.43 Å². The summed E-state index contributed by atoms with van der Waals surface area (Å²) in [5.41, 5.74) is 2.27. The second-order valence-electron chi connectivity index (χ2n) is 7.22. The van der Waals surface area contributed by atoms with Gasteiger partial charge in [-0.25, -0.2) is 18.4 Å². The van der Waals surface area contributed by atoms with Crippen molar-refractivity contribution in [1.29, 1.82) is 5.26 Å². The third kappa shape index (κ3) is 4.20. The fraction of sp³-hybridized carbons (Fsp3) is 0.318. The molecule has 8 nitrogen and oxygen atoms in total. The van der Waals surface area contributed by atoms with Crippen LogP contribution in [0, 0.1) is 18.3 Å². The molecule has 3 N–H and O–H groups in total. The van der Waals surface area contributed by atoms with Gasteiger partial charge in [0.1, 0.15) is 22.3 Å². The molecule has 0 atom stereocenters. The summed E-state index contributed by atoms with van der Waals surface area (Å²) in [7, 11) is 0. The molecule has 0 saturated heterocycles. The number of nitrogens with one attached hydrogen (secondary N) is 1. The van der Waals surface area contributed by atoms with Crippen LogP contribution in [0.4, 0.5) is 8.78 Å². The van der Waals surface area contributed by atoms with Crippen LogP contribution in [0.5, 0.6) is 5.88 Å². The predicted molar refractivity (Wildman–Crippen MR) is 119 cm³/mol. The minimum atomic E-state index is -2.77. The molecule has 4 aromatic heterocycles. The van der Waals surface area contributed by atoms with E-state index >= 15 is 0 Å². The molecule has 5 heterocycles. The molecule has 0 aliphatic carbocycles. The van der Waals surface area contributed by atoms with Crippen molar-refractivity contribution in [3.8, 4) is 34.3 Å². The quantitative estimate of drug-likeness (QED) is 0.412. The van der Waals surface area contributed by atoms with Gasteiger partial charge >= 0.3 is 0 Å². The van der Waals surface area contributed by atoms with Crippen molar-refractivity contribution >= 4 is 22.4 Å². The van der Waals surface area contributed by atoms with Gasteiger partial charge in [-0.3, -0.25) is 0 Å². The van der Waals surface area contributed by atoms with Crippen molar-refractivity contribution < 1.29 is 23.7 Å². The molecule has 0 radical (unpaired) electrons. The number of alkyl halides is 2. The third-order valence-electron chi connectivity index (χ3n) is 5.04. The lowest BCUT2D eigenvalue weighted by molar-refractivity contribution is 0.145. The summed E-state index contributed by atoms with van der Waals surface area (Å²) in [6.45, 7) is 2.62. The zero-order valence-electron chi connectivity index (χ0n) is 17.7. The number of aromatic nitrogens is 4. The first kappa shape index (κ1) is 22.8. The Morgan fingerprint density at radius 3 is 2.82 bits per heavy atom. The number of nitriles is 1. The molecular weight excluding hydrogens is 452 g/mol. The Bertz CT molecular complexity index is 1320. The molecule has 0 aromatic carbocycles. The first-order chi connectivity index (χ1) is 16.0. The first-order valence-electron chi connectivity index (χ1n) is 10.2. The number of pyridine rings is 1. The minimum absolute atomic E-state index is 0.125. The summed E-state index contributed by atoms with van der Waals surface area (Å²) in [5.74, 6) is 0.324. The normalized spacial score (nSPS) is 12.8. The van der Waals surface area contributed by atoms with Crippen molar-refractivity contribution in [3.63, 3.8) is 0 Å². The van der Waals surface area contributed by atoms with E-state index in [-0.39, 0.29) is 24.5 Å². The maximum Gasteiger partial charge on any atom is 0.282 e. The number of fused-ring (bicyclic) bond motifs is 2. The van der Waals surface area contributed by atoms with Crippen LogP contribution in [0.3, 0.4) is 0 Å². The second kappa shape index (κ2) is 9.66. The summed E-state index contributed by atoms with van der Waals surface area (Å²) in [6, 6.07) is 7.78. The third-order valence-corrected chi connectivity index (χ3v) is 5.99. The molecule has 0 saturated carbocycles. The highest BCUT2D eigenvalue weighted by atomic mass is 32.1. The van der Waals surface area contributed by atoms with E-state index in [1.807, 2.05) is 19.1 Å². The van der Waals surface area contributed by atoms with E-state index in [2.05, 4.69) is 21.1 Å². The number of H-pyrrole nitrogens is 1. The number of halogens is 2. The highest BCUT2D eigenvalue weighted by molar-refractivity contribution is 7.13. The second-order valence-corrected chi connectivity index (χ2v) is 8.48. The fourth-order valence-corrected chi connectivity index (χ4v) is 4.62. The van der Waals surface area contributed by atoms with E-state index in [0.717, 1.165) is 10.3 Å².